The number of likely N-dealkylation sites (tertiary alicyclic amines) is 1. The highest BCUT2D eigenvalue weighted by atomic mass is 32.2. The predicted octanol–water partition coefficient (Wildman–Crippen LogP) is 2.42. The van der Waals surface area contributed by atoms with Gasteiger partial charge in [-0.2, -0.15) is 0 Å². The molecule has 7 heteroatoms. The van der Waals surface area contributed by atoms with E-state index in [2.05, 4.69) is 18.6 Å². The van der Waals surface area contributed by atoms with Crippen LogP contribution in [0.5, 0.6) is 0 Å². The Morgan fingerprint density at radius 2 is 2.00 bits per heavy atom. The maximum Gasteiger partial charge on any atom is 0.263 e. The maximum atomic E-state index is 12.7. The minimum absolute atomic E-state index is 0.0563. The zero-order valence-electron chi connectivity index (χ0n) is 14.1. The molecule has 0 radical (unpaired) electrons. The van der Waals surface area contributed by atoms with Gasteiger partial charge in [0.25, 0.3) is 5.91 Å². The van der Waals surface area contributed by atoms with E-state index < -0.39 is 10.0 Å². The Morgan fingerprint density at radius 3 is 2.52 bits per heavy atom. The minimum Gasteiger partial charge on any atom is -0.338 e. The van der Waals surface area contributed by atoms with E-state index in [1.54, 1.807) is 11.3 Å². The highest BCUT2D eigenvalue weighted by Gasteiger charge is 2.26. The molecular weight excluding hydrogens is 332 g/mol. The largest absolute Gasteiger partial charge is 0.338 e. The Labute approximate surface area is 143 Å². The first kappa shape index (κ1) is 18.4. The molecule has 0 unspecified atom stereocenters. The van der Waals surface area contributed by atoms with Crippen LogP contribution in [0.2, 0.25) is 0 Å². The van der Waals surface area contributed by atoms with Crippen LogP contribution in [0.15, 0.2) is 6.07 Å². The van der Waals surface area contributed by atoms with E-state index in [1.807, 2.05) is 11.0 Å². The van der Waals surface area contributed by atoms with Gasteiger partial charge < -0.3 is 4.90 Å². The number of nitrogens with zero attached hydrogens (tertiary/aromatic N) is 1. The van der Waals surface area contributed by atoms with Crippen molar-refractivity contribution < 1.29 is 13.2 Å². The number of hydrogen-bond donors (Lipinski definition) is 1. The first-order valence-corrected chi connectivity index (χ1v) is 10.9. The second-order valence-electron chi connectivity index (χ2n) is 6.12. The van der Waals surface area contributed by atoms with Crippen molar-refractivity contribution in [3.63, 3.8) is 0 Å². The average Bonchev–Trinajstić information content (AvgIpc) is 2.89. The molecule has 5 nitrogen and oxygen atoms in total. The van der Waals surface area contributed by atoms with Crippen molar-refractivity contribution in [3.8, 4) is 0 Å². The van der Waals surface area contributed by atoms with Crippen molar-refractivity contribution >= 4 is 27.3 Å². The van der Waals surface area contributed by atoms with Crippen molar-refractivity contribution in [2.24, 2.45) is 0 Å². The fourth-order valence-electron chi connectivity index (χ4n) is 2.97. The molecule has 1 aliphatic rings. The number of aryl methyl sites for hydroxylation is 2. The minimum atomic E-state index is -3.18. The second-order valence-corrected chi connectivity index (χ2v) is 9.04. The molecule has 130 valence electrons. The Kier molecular flexibility index (Phi) is 6.22. The van der Waals surface area contributed by atoms with Gasteiger partial charge in [0.1, 0.15) is 0 Å². The number of thiophene rings is 1. The van der Waals surface area contributed by atoms with Crippen LogP contribution in [-0.4, -0.2) is 44.6 Å². The summed E-state index contributed by atoms with van der Waals surface area (Å²) in [4.78, 5) is 16.7. The average molecular weight is 359 g/mol. The van der Waals surface area contributed by atoms with Crippen molar-refractivity contribution in [2.45, 2.75) is 52.0 Å². The van der Waals surface area contributed by atoms with Gasteiger partial charge in [0.15, 0.2) is 0 Å². The quantitative estimate of drug-likeness (QED) is 0.849. The summed E-state index contributed by atoms with van der Waals surface area (Å²) in [6, 6.07) is 1.98. The number of piperidine rings is 1. The summed E-state index contributed by atoms with van der Waals surface area (Å²) in [5.74, 6) is 0.0878. The summed E-state index contributed by atoms with van der Waals surface area (Å²) in [5.41, 5.74) is 1.29. The molecule has 1 aromatic rings. The van der Waals surface area contributed by atoms with E-state index in [0.29, 0.717) is 25.9 Å². The van der Waals surface area contributed by atoms with Crippen LogP contribution in [0.3, 0.4) is 0 Å². The molecule has 0 saturated carbocycles. The van der Waals surface area contributed by atoms with Crippen LogP contribution in [0.25, 0.3) is 0 Å². The molecule has 0 aromatic carbocycles. The van der Waals surface area contributed by atoms with Gasteiger partial charge in [0.05, 0.1) is 11.1 Å². The Hall–Kier alpha value is -0.920. The SMILES string of the molecule is CCCc1sc(C(=O)N2CCC(NS(C)(=O)=O)CC2)cc1CC. The molecule has 1 aliphatic heterocycles. The lowest BCUT2D eigenvalue weighted by Crippen LogP contribution is -2.46. The van der Waals surface area contributed by atoms with Crippen LogP contribution >= 0.6 is 11.3 Å². The molecular formula is C16H26N2O3S2. The van der Waals surface area contributed by atoms with Gasteiger partial charge in [-0.1, -0.05) is 20.3 Å². The van der Waals surface area contributed by atoms with Crippen molar-refractivity contribution in [1.29, 1.82) is 0 Å². The first-order valence-electron chi connectivity index (χ1n) is 8.22. The number of nitrogens with one attached hydrogen (secondary N) is 1. The second kappa shape index (κ2) is 7.77. The van der Waals surface area contributed by atoms with Crippen molar-refractivity contribution in [2.75, 3.05) is 19.3 Å². The third-order valence-corrected chi connectivity index (χ3v) is 6.11. The zero-order valence-corrected chi connectivity index (χ0v) is 15.7. The highest BCUT2D eigenvalue weighted by molar-refractivity contribution is 7.88. The summed E-state index contributed by atoms with van der Waals surface area (Å²) in [6.07, 6.45) is 5.60. The van der Waals surface area contributed by atoms with Crippen molar-refractivity contribution in [3.05, 3.63) is 21.4 Å². The lowest BCUT2D eigenvalue weighted by Gasteiger charge is -2.31. The number of carbonyl (C=O) groups is 1. The van der Waals surface area contributed by atoms with Crippen LogP contribution in [0.1, 0.15) is 53.2 Å². The lowest BCUT2D eigenvalue weighted by molar-refractivity contribution is 0.0716. The molecule has 1 fully saturated rings. The molecule has 0 bridgehead atoms. The van der Waals surface area contributed by atoms with Crippen LogP contribution in [-0.2, 0) is 22.9 Å². The summed E-state index contributed by atoms with van der Waals surface area (Å²) >= 11 is 1.62. The van der Waals surface area contributed by atoms with E-state index >= 15 is 0 Å². The molecule has 0 spiro atoms. The molecule has 1 amide bonds. The van der Waals surface area contributed by atoms with Gasteiger partial charge in [0, 0.05) is 24.0 Å². The number of carbonyl (C=O) groups excluding carboxylic acids is 1. The maximum absolute atomic E-state index is 12.7. The highest BCUT2D eigenvalue weighted by Crippen LogP contribution is 2.26. The Balaban J connectivity index is 1.99. The summed E-state index contributed by atoms with van der Waals surface area (Å²) < 4.78 is 25.2. The van der Waals surface area contributed by atoms with Gasteiger partial charge in [-0.15, -0.1) is 11.3 Å². The van der Waals surface area contributed by atoms with Gasteiger partial charge >= 0.3 is 0 Å². The van der Waals surface area contributed by atoms with Gasteiger partial charge in [-0.05, 0) is 37.3 Å². The normalized spacial score (nSPS) is 16.7. The van der Waals surface area contributed by atoms with Crippen molar-refractivity contribution in [1.82, 2.24) is 9.62 Å². The number of rotatable bonds is 6. The number of amides is 1. The monoisotopic (exact) mass is 358 g/mol. The Morgan fingerprint density at radius 1 is 1.35 bits per heavy atom. The predicted molar refractivity (Wildman–Crippen MR) is 94.6 cm³/mol. The topological polar surface area (TPSA) is 66.5 Å². The summed E-state index contributed by atoms with van der Waals surface area (Å²) in [6.45, 7) is 5.49. The van der Waals surface area contributed by atoms with Gasteiger partial charge in [-0.3, -0.25) is 4.79 Å². The molecule has 0 aliphatic carbocycles. The van der Waals surface area contributed by atoms with Crippen LogP contribution in [0, 0.1) is 0 Å². The van der Waals surface area contributed by atoms with E-state index in [-0.39, 0.29) is 11.9 Å². The zero-order chi connectivity index (χ0) is 17.0. The van der Waals surface area contributed by atoms with Crippen LogP contribution < -0.4 is 4.72 Å². The third kappa shape index (κ3) is 5.02. The third-order valence-electron chi connectivity index (χ3n) is 4.13. The van der Waals surface area contributed by atoms with E-state index in [9.17, 15) is 13.2 Å². The molecule has 1 saturated heterocycles. The smallest absolute Gasteiger partial charge is 0.263 e. The molecule has 23 heavy (non-hydrogen) atoms. The summed E-state index contributed by atoms with van der Waals surface area (Å²) in [7, 11) is -3.18. The van der Waals surface area contributed by atoms with E-state index in [4.69, 9.17) is 0 Å². The van der Waals surface area contributed by atoms with E-state index in [0.717, 1.165) is 24.1 Å². The summed E-state index contributed by atoms with van der Waals surface area (Å²) in [5, 5.41) is 0. The molecule has 1 aromatic heterocycles. The lowest BCUT2D eigenvalue weighted by atomic mass is 10.1. The number of hydrogen-bond acceptors (Lipinski definition) is 4. The van der Waals surface area contributed by atoms with E-state index in [1.165, 1.54) is 16.7 Å². The van der Waals surface area contributed by atoms with Gasteiger partial charge in [-0.25, -0.2) is 13.1 Å². The number of sulfonamides is 1. The van der Waals surface area contributed by atoms with Crippen LogP contribution in [0.4, 0.5) is 0 Å². The molecule has 0 atom stereocenters. The standard InChI is InChI=1S/C16H26N2O3S2/c1-4-6-14-12(5-2)11-15(22-14)16(19)18-9-7-13(8-10-18)17-23(3,20)21/h11,13,17H,4-10H2,1-3H3. The van der Waals surface area contributed by atoms with Gasteiger partial charge in [0.2, 0.25) is 10.0 Å². The molecule has 2 heterocycles. The fraction of sp³-hybridized carbons (Fsp3) is 0.688. The fourth-order valence-corrected chi connectivity index (χ4v) is 5.13. The first-order chi connectivity index (χ1) is 10.8. The molecule has 1 N–H and O–H groups in total. The Bertz CT molecular complexity index is 644. The molecule has 2 rings (SSSR count).